The molecule has 0 atom stereocenters. The van der Waals surface area contributed by atoms with E-state index in [1.165, 1.54) is 0 Å². The molecule has 1 heterocycles. The van der Waals surface area contributed by atoms with Crippen LogP contribution in [0, 0.1) is 6.92 Å². The molecule has 0 aliphatic rings. The second-order valence-corrected chi connectivity index (χ2v) is 3.59. The molecule has 1 aromatic carbocycles. The van der Waals surface area contributed by atoms with Crippen molar-refractivity contribution in [2.75, 3.05) is 5.43 Å². The third-order valence-electron chi connectivity index (χ3n) is 2.26. The van der Waals surface area contributed by atoms with Crippen molar-refractivity contribution in [1.29, 1.82) is 0 Å². The topological polar surface area (TPSA) is 33.0 Å². The summed E-state index contributed by atoms with van der Waals surface area (Å²) in [6.07, 6.45) is 3.57. The first-order valence-corrected chi connectivity index (χ1v) is 5.10. The van der Waals surface area contributed by atoms with Gasteiger partial charge in [-0.1, -0.05) is 28.4 Å². The van der Waals surface area contributed by atoms with E-state index in [9.17, 15) is 4.79 Å². The summed E-state index contributed by atoms with van der Waals surface area (Å²) in [6, 6.07) is 13.1. The van der Waals surface area contributed by atoms with Crippen LogP contribution in [0.15, 0.2) is 54.9 Å². The van der Waals surface area contributed by atoms with E-state index in [1.807, 2.05) is 49.4 Å². The van der Waals surface area contributed by atoms with Crippen molar-refractivity contribution in [1.82, 2.24) is 0 Å². The van der Waals surface area contributed by atoms with Crippen LogP contribution < -0.4 is 10.1 Å². The zero-order valence-electron chi connectivity index (χ0n) is 9.05. The van der Waals surface area contributed by atoms with Crippen molar-refractivity contribution in [2.45, 2.75) is 6.92 Å². The Kier molecular flexibility index (Phi) is 2.96. The van der Waals surface area contributed by atoms with E-state index < -0.39 is 0 Å². The lowest BCUT2D eigenvalue weighted by atomic mass is 10.1. The summed E-state index contributed by atoms with van der Waals surface area (Å²) in [7, 11) is 0. The van der Waals surface area contributed by atoms with Gasteiger partial charge in [0.2, 0.25) is 0 Å². The predicted octanol–water partition coefficient (Wildman–Crippen LogP) is 1.67. The van der Waals surface area contributed by atoms with Crippen molar-refractivity contribution < 1.29 is 9.47 Å². The highest BCUT2D eigenvalue weighted by molar-refractivity contribution is 5.98. The van der Waals surface area contributed by atoms with Crippen LogP contribution in [0.5, 0.6) is 0 Å². The lowest BCUT2D eigenvalue weighted by Crippen LogP contribution is -2.47. The number of carbonyl (C=O) groups is 1. The standard InChI is InChI=1S/C13H12N2O/c1-11-5-7-12(8-6-11)13(16)14-15-9-3-2-4-10-15/h2-10H,1H3/p+1. The molecule has 0 saturated carbocycles. The van der Waals surface area contributed by atoms with Crippen molar-refractivity contribution in [3.05, 3.63) is 66.0 Å². The molecule has 2 rings (SSSR count). The van der Waals surface area contributed by atoms with Gasteiger partial charge in [-0.2, -0.15) is 0 Å². The monoisotopic (exact) mass is 213 g/mol. The number of aryl methyl sites for hydroxylation is 1. The summed E-state index contributed by atoms with van der Waals surface area (Å²) in [5.74, 6) is -0.115. The minimum absolute atomic E-state index is 0.115. The van der Waals surface area contributed by atoms with Crippen LogP contribution in [-0.4, -0.2) is 5.91 Å². The number of benzene rings is 1. The predicted molar refractivity (Wildman–Crippen MR) is 61.5 cm³/mol. The molecule has 1 amide bonds. The lowest BCUT2D eigenvalue weighted by Gasteiger charge is -1.99. The fourth-order valence-corrected chi connectivity index (χ4v) is 1.36. The van der Waals surface area contributed by atoms with Gasteiger partial charge in [0.15, 0.2) is 12.4 Å². The number of amides is 1. The van der Waals surface area contributed by atoms with E-state index in [0.29, 0.717) is 5.56 Å². The van der Waals surface area contributed by atoms with Crippen LogP contribution in [0.4, 0.5) is 0 Å². The van der Waals surface area contributed by atoms with E-state index in [-0.39, 0.29) is 5.91 Å². The quantitative estimate of drug-likeness (QED) is 0.756. The Labute approximate surface area is 94.3 Å². The van der Waals surface area contributed by atoms with Gasteiger partial charge in [-0.3, -0.25) is 4.79 Å². The van der Waals surface area contributed by atoms with E-state index in [2.05, 4.69) is 5.43 Å². The SMILES string of the molecule is Cc1ccc(C(=O)N[n+]2ccccc2)cc1. The highest BCUT2D eigenvalue weighted by atomic mass is 16.2. The van der Waals surface area contributed by atoms with Gasteiger partial charge in [-0.25, -0.2) is 0 Å². The highest BCUT2D eigenvalue weighted by Crippen LogP contribution is 2.02. The van der Waals surface area contributed by atoms with Gasteiger partial charge in [0.1, 0.15) is 0 Å². The number of nitrogens with zero attached hydrogens (tertiary/aromatic N) is 1. The molecular formula is C13H13N2O+. The van der Waals surface area contributed by atoms with Crippen LogP contribution in [0.25, 0.3) is 0 Å². The molecule has 0 unspecified atom stereocenters. The van der Waals surface area contributed by atoms with Gasteiger partial charge in [0.05, 0.1) is 0 Å². The van der Waals surface area contributed by atoms with E-state index in [4.69, 9.17) is 0 Å². The summed E-state index contributed by atoms with van der Waals surface area (Å²) >= 11 is 0. The molecule has 16 heavy (non-hydrogen) atoms. The first-order valence-electron chi connectivity index (χ1n) is 5.10. The molecule has 3 heteroatoms. The number of hydrogen-bond donors (Lipinski definition) is 1. The van der Waals surface area contributed by atoms with Crippen LogP contribution in [0.1, 0.15) is 15.9 Å². The maximum absolute atomic E-state index is 11.8. The molecule has 0 aliphatic carbocycles. The first kappa shape index (κ1) is 10.4. The molecule has 0 fully saturated rings. The number of carbonyl (C=O) groups excluding carboxylic acids is 1. The number of pyridine rings is 1. The molecule has 1 aromatic heterocycles. The second-order valence-electron chi connectivity index (χ2n) is 3.59. The third kappa shape index (κ3) is 2.45. The van der Waals surface area contributed by atoms with E-state index in [1.54, 1.807) is 17.1 Å². The molecule has 0 bridgehead atoms. The Morgan fingerprint density at radius 3 is 2.31 bits per heavy atom. The fourth-order valence-electron chi connectivity index (χ4n) is 1.36. The van der Waals surface area contributed by atoms with Crippen LogP contribution in [0.2, 0.25) is 0 Å². The normalized spacial score (nSPS) is 9.81. The average Bonchev–Trinajstić information content (AvgIpc) is 2.31. The average molecular weight is 213 g/mol. The number of aromatic nitrogens is 1. The molecule has 3 nitrogen and oxygen atoms in total. The maximum atomic E-state index is 11.8. The smallest absolute Gasteiger partial charge is 0.264 e. The molecule has 1 N–H and O–H groups in total. The van der Waals surface area contributed by atoms with Crippen molar-refractivity contribution in [2.24, 2.45) is 0 Å². The summed E-state index contributed by atoms with van der Waals surface area (Å²) in [5, 5.41) is 0. The Hall–Kier alpha value is -2.16. The van der Waals surface area contributed by atoms with Crippen molar-refractivity contribution in [3.63, 3.8) is 0 Å². The largest absolute Gasteiger partial charge is 0.305 e. The molecule has 80 valence electrons. The Morgan fingerprint density at radius 1 is 1.06 bits per heavy atom. The fraction of sp³-hybridized carbons (Fsp3) is 0.0769. The van der Waals surface area contributed by atoms with E-state index >= 15 is 0 Å². The molecule has 2 aromatic rings. The van der Waals surface area contributed by atoms with Crippen LogP contribution in [0.3, 0.4) is 0 Å². The minimum atomic E-state index is -0.115. The molecule has 0 aliphatic heterocycles. The highest BCUT2D eigenvalue weighted by Gasteiger charge is 2.08. The number of rotatable bonds is 2. The summed E-state index contributed by atoms with van der Waals surface area (Å²) < 4.78 is 1.63. The van der Waals surface area contributed by atoms with Gasteiger partial charge in [-0.05, 0) is 19.1 Å². The van der Waals surface area contributed by atoms with Crippen molar-refractivity contribution in [3.8, 4) is 0 Å². The Morgan fingerprint density at radius 2 is 1.69 bits per heavy atom. The maximum Gasteiger partial charge on any atom is 0.305 e. The summed E-state index contributed by atoms with van der Waals surface area (Å²) in [4.78, 5) is 11.8. The number of hydrogen-bond acceptors (Lipinski definition) is 1. The molecule has 0 spiro atoms. The summed E-state index contributed by atoms with van der Waals surface area (Å²) in [6.45, 7) is 1.99. The zero-order chi connectivity index (χ0) is 11.4. The Balaban J connectivity index is 2.12. The van der Waals surface area contributed by atoms with Crippen molar-refractivity contribution >= 4 is 5.91 Å². The minimum Gasteiger partial charge on any atom is -0.264 e. The lowest BCUT2D eigenvalue weighted by molar-refractivity contribution is -0.641. The van der Waals surface area contributed by atoms with E-state index in [0.717, 1.165) is 5.56 Å². The van der Waals surface area contributed by atoms with Gasteiger partial charge in [-0.15, -0.1) is 5.43 Å². The summed E-state index contributed by atoms with van der Waals surface area (Å²) in [5.41, 5.74) is 4.55. The second kappa shape index (κ2) is 4.57. The first-order chi connectivity index (χ1) is 7.75. The third-order valence-corrected chi connectivity index (χ3v) is 2.26. The molecule has 0 saturated heterocycles. The van der Waals surface area contributed by atoms with Crippen LogP contribution in [-0.2, 0) is 0 Å². The van der Waals surface area contributed by atoms with Gasteiger partial charge >= 0.3 is 5.91 Å². The molecular weight excluding hydrogens is 200 g/mol. The van der Waals surface area contributed by atoms with Crippen LogP contribution >= 0.6 is 0 Å². The van der Waals surface area contributed by atoms with Gasteiger partial charge < -0.3 is 0 Å². The Bertz CT molecular complexity index is 477. The number of nitrogens with one attached hydrogen (secondary N) is 1. The van der Waals surface area contributed by atoms with Gasteiger partial charge in [0, 0.05) is 17.7 Å². The zero-order valence-corrected chi connectivity index (χ0v) is 9.05. The molecule has 0 radical (unpaired) electrons. The van der Waals surface area contributed by atoms with Gasteiger partial charge in [0.25, 0.3) is 0 Å².